The quantitative estimate of drug-likeness (QED) is 0.486. The topological polar surface area (TPSA) is 55.4 Å². The molecular weight excluding hydrogens is 335 g/mol. The van der Waals surface area contributed by atoms with Crippen molar-refractivity contribution in [2.45, 2.75) is 19.0 Å². The number of nitrogens with one attached hydrogen (secondary N) is 1. The highest BCUT2D eigenvalue weighted by Crippen LogP contribution is 2.32. The maximum atomic E-state index is 12.6. The van der Waals surface area contributed by atoms with Gasteiger partial charge in [-0.2, -0.15) is 13.2 Å². The number of amides is 1. The Morgan fingerprint density at radius 3 is 2.65 bits per heavy atom. The van der Waals surface area contributed by atoms with Gasteiger partial charge in [0.25, 0.3) is 0 Å². The monoisotopic (exact) mass is 349 g/mol. The van der Waals surface area contributed by atoms with Crippen LogP contribution in [0, 0.1) is 0 Å². The fourth-order valence-corrected chi connectivity index (χ4v) is 1.80. The summed E-state index contributed by atoms with van der Waals surface area (Å²) < 4.78 is 42.3. The molecule has 0 radical (unpaired) electrons. The van der Waals surface area contributed by atoms with Gasteiger partial charge in [-0.1, -0.05) is 11.6 Å². The van der Waals surface area contributed by atoms with Crippen LogP contribution in [0.5, 0.6) is 0 Å². The van der Waals surface area contributed by atoms with Crippen molar-refractivity contribution in [3.8, 4) is 0 Å². The lowest BCUT2D eigenvalue weighted by atomic mass is 10.1. The van der Waals surface area contributed by atoms with Crippen molar-refractivity contribution in [3.05, 3.63) is 40.4 Å². The molecule has 1 aromatic rings. The molecule has 1 amide bonds. The third-order valence-electron chi connectivity index (χ3n) is 2.82. The van der Waals surface area contributed by atoms with Crippen molar-refractivity contribution in [2.75, 3.05) is 13.7 Å². The first-order valence-electron chi connectivity index (χ1n) is 6.63. The number of esters is 1. The summed E-state index contributed by atoms with van der Waals surface area (Å²) in [7, 11) is 1.27. The molecule has 1 aromatic carbocycles. The molecule has 126 valence electrons. The minimum absolute atomic E-state index is 0.0891. The molecule has 0 bridgehead atoms. The zero-order valence-corrected chi connectivity index (χ0v) is 13.0. The van der Waals surface area contributed by atoms with Crippen molar-refractivity contribution in [1.82, 2.24) is 5.32 Å². The lowest BCUT2D eigenvalue weighted by Gasteiger charge is -2.08. The smallest absolute Gasteiger partial charge is 0.416 e. The number of rotatable bonds is 6. The van der Waals surface area contributed by atoms with Crippen molar-refractivity contribution in [1.29, 1.82) is 0 Å². The van der Waals surface area contributed by atoms with Crippen LogP contribution in [0.3, 0.4) is 0 Å². The first kappa shape index (κ1) is 19.0. The summed E-state index contributed by atoms with van der Waals surface area (Å²) >= 11 is 5.81. The molecule has 0 saturated heterocycles. The molecule has 0 heterocycles. The molecule has 1 rings (SSSR count). The van der Waals surface area contributed by atoms with Gasteiger partial charge >= 0.3 is 12.1 Å². The fraction of sp³-hybridized carbons (Fsp3) is 0.333. The van der Waals surface area contributed by atoms with Crippen LogP contribution in [0.25, 0.3) is 6.08 Å². The number of methoxy groups -OCH3 is 1. The van der Waals surface area contributed by atoms with E-state index in [2.05, 4.69) is 10.1 Å². The van der Waals surface area contributed by atoms with Gasteiger partial charge in [0.05, 0.1) is 12.7 Å². The van der Waals surface area contributed by atoms with Crippen molar-refractivity contribution < 1.29 is 27.5 Å². The third kappa shape index (κ3) is 6.73. The van der Waals surface area contributed by atoms with E-state index in [1.807, 2.05) is 0 Å². The summed E-state index contributed by atoms with van der Waals surface area (Å²) in [4.78, 5) is 22.4. The first-order chi connectivity index (χ1) is 10.7. The van der Waals surface area contributed by atoms with Crippen LogP contribution in [0.15, 0.2) is 24.3 Å². The Bertz CT molecular complexity index is 600. The van der Waals surface area contributed by atoms with E-state index in [1.165, 1.54) is 13.2 Å². The second-order valence-corrected chi connectivity index (χ2v) is 4.95. The summed E-state index contributed by atoms with van der Waals surface area (Å²) in [5, 5.41) is 2.60. The number of benzene rings is 1. The summed E-state index contributed by atoms with van der Waals surface area (Å²) in [5.41, 5.74) is -0.758. The van der Waals surface area contributed by atoms with Crippen LogP contribution in [-0.2, 0) is 20.5 Å². The molecule has 0 aromatic heterocycles. The van der Waals surface area contributed by atoms with Crippen LogP contribution in [0.2, 0.25) is 5.02 Å². The Morgan fingerprint density at radius 2 is 2.04 bits per heavy atom. The van der Waals surface area contributed by atoms with Crippen molar-refractivity contribution in [2.24, 2.45) is 0 Å². The minimum atomic E-state index is -4.48. The largest absolute Gasteiger partial charge is 0.469 e. The van der Waals surface area contributed by atoms with E-state index < -0.39 is 17.6 Å². The molecule has 0 aliphatic carbocycles. The molecule has 0 spiro atoms. The maximum absolute atomic E-state index is 12.6. The molecule has 1 N–H and O–H groups in total. The van der Waals surface area contributed by atoms with E-state index in [9.17, 15) is 22.8 Å². The van der Waals surface area contributed by atoms with Gasteiger partial charge in [0, 0.05) is 24.1 Å². The summed E-state index contributed by atoms with van der Waals surface area (Å²) in [5.74, 6) is -0.881. The molecule has 8 heteroatoms. The summed E-state index contributed by atoms with van der Waals surface area (Å²) in [6.45, 7) is 0.245. The molecule has 23 heavy (non-hydrogen) atoms. The fourth-order valence-electron chi connectivity index (χ4n) is 1.62. The van der Waals surface area contributed by atoms with E-state index >= 15 is 0 Å². The van der Waals surface area contributed by atoms with Crippen molar-refractivity contribution >= 4 is 29.6 Å². The molecule has 0 aliphatic heterocycles. The third-order valence-corrected chi connectivity index (χ3v) is 3.17. The minimum Gasteiger partial charge on any atom is -0.469 e. The highest BCUT2D eigenvalue weighted by molar-refractivity contribution is 6.32. The van der Waals surface area contributed by atoms with E-state index in [0.717, 1.165) is 24.3 Å². The number of alkyl halides is 3. The average molecular weight is 350 g/mol. The van der Waals surface area contributed by atoms with E-state index in [0.29, 0.717) is 6.42 Å². The van der Waals surface area contributed by atoms with Crippen molar-refractivity contribution in [3.63, 3.8) is 0 Å². The van der Waals surface area contributed by atoms with Crippen LogP contribution in [-0.4, -0.2) is 25.5 Å². The molecule has 0 saturated carbocycles. The predicted octanol–water partition coefficient (Wildman–Crippen LogP) is 3.44. The van der Waals surface area contributed by atoms with E-state index in [1.54, 1.807) is 0 Å². The number of halogens is 4. The molecule has 0 atom stereocenters. The number of ether oxygens (including phenoxy) is 1. The Morgan fingerprint density at radius 1 is 1.35 bits per heavy atom. The van der Waals surface area contributed by atoms with Gasteiger partial charge in [-0.15, -0.1) is 0 Å². The number of hydrogen-bond acceptors (Lipinski definition) is 3. The second-order valence-electron chi connectivity index (χ2n) is 4.54. The van der Waals surface area contributed by atoms with Crippen LogP contribution >= 0.6 is 11.6 Å². The highest BCUT2D eigenvalue weighted by atomic mass is 35.5. The molecule has 0 aliphatic rings. The zero-order valence-electron chi connectivity index (χ0n) is 12.2. The van der Waals surface area contributed by atoms with Crippen LogP contribution in [0.4, 0.5) is 13.2 Å². The summed E-state index contributed by atoms with van der Waals surface area (Å²) in [6.07, 6.45) is -1.63. The van der Waals surface area contributed by atoms with Gasteiger partial charge in [0.2, 0.25) is 5.91 Å². The van der Waals surface area contributed by atoms with Gasteiger partial charge in [0.1, 0.15) is 0 Å². The number of carbonyl (C=O) groups is 2. The summed E-state index contributed by atoms with van der Waals surface area (Å²) in [6, 6.07) is 2.86. The van der Waals surface area contributed by atoms with Crippen LogP contribution in [0.1, 0.15) is 24.0 Å². The standard InChI is InChI=1S/C15H15ClF3NO3/c1-23-14(22)3-2-8-20-13(21)7-4-10-9-11(15(17,18)19)5-6-12(10)16/h4-7,9H,2-3,8H2,1H3,(H,20,21)/b7-4+. The molecule has 0 fully saturated rings. The normalized spacial score (nSPS) is 11.5. The molecule has 4 nitrogen and oxygen atoms in total. The lowest BCUT2D eigenvalue weighted by Crippen LogP contribution is -2.22. The predicted molar refractivity (Wildman–Crippen MR) is 79.7 cm³/mol. The first-order valence-corrected chi connectivity index (χ1v) is 7.01. The number of carbonyl (C=O) groups excluding carboxylic acids is 2. The van der Waals surface area contributed by atoms with Gasteiger partial charge < -0.3 is 10.1 Å². The van der Waals surface area contributed by atoms with Gasteiger partial charge in [0.15, 0.2) is 0 Å². The Hall–Kier alpha value is -2.02. The Kier molecular flexibility index (Phi) is 7.09. The van der Waals surface area contributed by atoms with Gasteiger partial charge in [-0.3, -0.25) is 9.59 Å². The Labute approximate surface area is 136 Å². The highest BCUT2D eigenvalue weighted by Gasteiger charge is 2.30. The Balaban J connectivity index is 2.59. The van der Waals surface area contributed by atoms with E-state index in [4.69, 9.17) is 11.6 Å². The average Bonchev–Trinajstić information content (AvgIpc) is 2.49. The van der Waals surface area contributed by atoms with Crippen LogP contribution < -0.4 is 5.32 Å². The zero-order chi connectivity index (χ0) is 17.5. The van der Waals surface area contributed by atoms with Gasteiger partial charge in [-0.25, -0.2) is 0 Å². The molecule has 0 unspecified atom stereocenters. The SMILES string of the molecule is COC(=O)CCCNC(=O)/C=C/c1cc(C(F)(F)F)ccc1Cl. The number of hydrogen-bond donors (Lipinski definition) is 1. The van der Waals surface area contributed by atoms with Gasteiger partial charge in [-0.05, 0) is 36.3 Å². The second kappa shape index (κ2) is 8.57. The maximum Gasteiger partial charge on any atom is 0.416 e. The lowest BCUT2D eigenvalue weighted by molar-refractivity contribution is -0.141. The van der Waals surface area contributed by atoms with E-state index in [-0.39, 0.29) is 29.5 Å². The molecular formula is C15H15ClF3NO3.